The van der Waals surface area contributed by atoms with Crippen molar-refractivity contribution >= 4 is 10.2 Å². The molecule has 94 valence electrons. The molecule has 1 aliphatic rings. The number of nitrogens with zero attached hydrogens (tertiary/aromatic N) is 1. The Hall–Kier alpha value is -0.980. The van der Waals surface area contributed by atoms with Crippen molar-refractivity contribution in [2.75, 3.05) is 6.54 Å². The first kappa shape index (κ1) is 12.5. The number of rotatable bonds is 2. The maximum atomic E-state index is 13.2. The van der Waals surface area contributed by atoms with E-state index in [1.807, 2.05) is 6.92 Å². The summed E-state index contributed by atoms with van der Waals surface area (Å²) in [6.07, 6.45) is 0.734. The zero-order chi connectivity index (χ0) is 12.6. The SMILES string of the molecule is C[C@H]1CCN(S(N)(=O)=O)[C@H]1c1cccc(F)c1. The molecule has 2 atom stereocenters. The van der Waals surface area contributed by atoms with Crippen molar-refractivity contribution in [3.8, 4) is 0 Å². The van der Waals surface area contributed by atoms with Crippen LogP contribution in [0.15, 0.2) is 24.3 Å². The van der Waals surface area contributed by atoms with Crippen LogP contribution in [0, 0.1) is 11.7 Å². The molecule has 0 bridgehead atoms. The second-order valence-electron chi connectivity index (χ2n) is 4.42. The third-order valence-corrected chi connectivity index (χ3v) is 4.23. The van der Waals surface area contributed by atoms with E-state index in [4.69, 9.17) is 5.14 Å². The Kier molecular flexibility index (Phi) is 3.20. The van der Waals surface area contributed by atoms with Crippen molar-refractivity contribution < 1.29 is 12.8 Å². The van der Waals surface area contributed by atoms with Gasteiger partial charge in [-0.15, -0.1) is 0 Å². The van der Waals surface area contributed by atoms with E-state index >= 15 is 0 Å². The molecule has 0 radical (unpaired) electrons. The molecule has 2 rings (SSSR count). The minimum Gasteiger partial charge on any atom is -0.216 e. The average Bonchev–Trinajstić information content (AvgIpc) is 2.59. The van der Waals surface area contributed by atoms with Gasteiger partial charge in [0.15, 0.2) is 0 Å². The van der Waals surface area contributed by atoms with Crippen LogP contribution in [0.25, 0.3) is 0 Å². The quantitative estimate of drug-likeness (QED) is 0.871. The molecule has 0 spiro atoms. The van der Waals surface area contributed by atoms with Crippen LogP contribution in [0.1, 0.15) is 24.9 Å². The van der Waals surface area contributed by atoms with E-state index in [0.717, 1.165) is 6.42 Å². The highest BCUT2D eigenvalue weighted by atomic mass is 32.2. The fraction of sp³-hybridized carbons (Fsp3) is 0.455. The summed E-state index contributed by atoms with van der Waals surface area (Å²) < 4.78 is 37.3. The van der Waals surface area contributed by atoms with Gasteiger partial charge in [0.1, 0.15) is 5.82 Å². The van der Waals surface area contributed by atoms with E-state index in [0.29, 0.717) is 12.1 Å². The van der Waals surface area contributed by atoms with Crippen LogP contribution >= 0.6 is 0 Å². The highest BCUT2D eigenvalue weighted by Crippen LogP contribution is 2.38. The van der Waals surface area contributed by atoms with Gasteiger partial charge >= 0.3 is 0 Å². The molecule has 6 heteroatoms. The summed E-state index contributed by atoms with van der Waals surface area (Å²) in [5.74, 6) is -0.230. The Balaban J connectivity index is 2.41. The number of benzene rings is 1. The Morgan fingerprint density at radius 3 is 2.76 bits per heavy atom. The van der Waals surface area contributed by atoms with Gasteiger partial charge in [0.25, 0.3) is 10.2 Å². The zero-order valence-corrected chi connectivity index (χ0v) is 10.3. The van der Waals surface area contributed by atoms with Crippen LogP contribution in [0.5, 0.6) is 0 Å². The van der Waals surface area contributed by atoms with Crippen LogP contribution in [0.3, 0.4) is 0 Å². The molecule has 1 saturated heterocycles. The van der Waals surface area contributed by atoms with Crippen molar-refractivity contribution in [1.82, 2.24) is 4.31 Å². The highest BCUT2D eigenvalue weighted by molar-refractivity contribution is 7.86. The lowest BCUT2D eigenvalue weighted by molar-refractivity contribution is 0.356. The van der Waals surface area contributed by atoms with Crippen molar-refractivity contribution in [3.05, 3.63) is 35.6 Å². The predicted octanol–water partition coefficient (Wildman–Crippen LogP) is 1.41. The topological polar surface area (TPSA) is 63.4 Å². The molecule has 4 nitrogen and oxygen atoms in total. The minimum atomic E-state index is -3.73. The van der Waals surface area contributed by atoms with E-state index in [-0.39, 0.29) is 17.8 Å². The van der Waals surface area contributed by atoms with Crippen LogP contribution in [0.4, 0.5) is 4.39 Å². The normalized spacial score (nSPS) is 26.3. The van der Waals surface area contributed by atoms with E-state index in [1.54, 1.807) is 12.1 Å². The van der Waals surface area contributed by atoms with Crippen LogP contribution in [-0.4, -0.2) is 19.3 Å². The zero-order valence-electron chi connectivity index (χ0n) is 9.51. The monoisotopic (exact) mass is 258 g/mol. The second-order valence-corrected chi connectivity index (χ2v) is 5.92. The Morgan fingerprint density at radius 2 is 2.18 bits per heavy atom. The van der Waals surface area contributed by atoms with Gasteiger partial charge in [-0.1, -0.05) is 19.1 Å². The van der Waals surface area contributed by atoms with Gasteiger partial charge in [-0.3, -0.25) is 0 Å². The summed E-state index contributed by atoms with van der Waals surface area (Å²) in [6.45, 7) is 2.34. The molecule has 0 unspecified atom stereocenters. The smallest absolute Gasteiger partial charge is 0.216 e. The van der Waals surface area contributed by atoms with Gasteiger partial charge in [0.05, 0.1) is 6.04 Å². The summed E-state index contributed by atoms with van der Waals surface area (Å²) in [5.41, 5.74) is 0.657. The third-order valence-electron chi connectivity index (χ3n) is 3.17. The Labute approximate surface area is 100 Å². The molecule has 0 aromatic heterocycles. The van der Waals surface area contributed by atoms with Crippen molar-refractivity contribution in [2.45, 2.75) is 19.4 Å². The van der Waals surface area contributed by atoms with Gasteiger partial charge in [-0.2, -0.15) is 12.7 Å². The lowest BCUT2D eigenvalue weighted by atomic mass is 9.96. The molecule has 2 N–H and O–H groups in total. The maximum absolute atomic E-state index is 13.2. The summed E-state index contributed by atoms with van der Waals surface area (Å²) in [5, 5.41) is 5.17. The number of halogens is 1. The summed E-state index contributed by atoms with van der Waals surface area (Å²) >= 11 is 0. The number of nitrogens with two attached hydrogens (primary N) is 1. The lowest BCUT2D eigenvalue weighted by Crippen LogP contribution is -2.37. The predicted molar refractivity (Wildman–Crippen MR) is 62.7 cm³/mol. The first-order valence-electron chi connectivity index (χ1n) is 5.44. The standard InChI is InChI=1S/C11H15FN2O2S/c1-8-5-6-14(17(13,15)16)11(8)9-3-2-4-10(12)7-9/h2-4,7-8,11H,5-6H2,1H3,(H2,13,15,16)/t8-,11+/m0/s1. The molecular formula is C11H15FN2O2S. The molecule has 1 aromatic rings. The molecule has 1 heterocycles. The Bertz CT molecular complexity index is 518. The minimum absolute atomic E-state index is 0.134. The van der Waals surface area contributed by atoms with Crippen LogP contribution in [0.2, 0.25) is 0 Å². The summed E-state index contributed by atoms with van der Waals surface area (Å²) in [4.78, 5) is 0. The molecule has 0 saturated carbocycles. The first-order valence-corrected chi connectivity index (χ1v) is 6.95. The average molecular weight is 258 g/mol. The van der Waals surface area contributed by atoms with Gasteiger partial charge in [0.2, 0.25) is 0 Å². The highest BCUT2D eigenvalue weighted by Gasteiger charge is 2.38. The second kappa shape index (κ2) is 4.36. The van der Waals surface area contributed by atoms with Crippen LogP contribution in [-0.2, 0) is 10.2 Å². The van der Waals surface area contributed by atoms with E-state index < -0.39 is 10.2 Å². The van der Waals surface area contributed by atoms with E-state index in [2.05, 4.69) is 0 Å². The molecule has 1 fully saturated rings. The van der Waals surface area contributed by atoms with E-state index in [1.165, 1.54) is 16.4 Å². The summed E-state index contributed by atoms with van der Waals surface area (Å²) in [6, 6.07) is 5.65. The number of hydrogen-bond acceptors (Lipinski definition) is 2. The van der Waals surface area contributed by atoms with Crippen LogP contribution < -0.4 is 5.14 Å². The maximum Gasteiger partial charge on any atom is 0.277 e. The first-order chi connectivity index (χ1) is 7.89. The molecule has 1 aromatic carbocycles. The van der Waals surface area contributed by atoms with Gasteiger partial charge in [-0.05, 0) is 30.0 Å². The van der Waals surface area contributed by atoms with Crippen molar-refractivity contribution in [3.63, 3.8) is 0 Å². The van der Waals surface area contributed by atoms with Gasteiger partial charge in [-0.25, -0.2) is 9.53 Å². The molecule has 1 aliphatic heterocycles. The fourth-order valence-corrected chi connectivity index (χ4v) is 3.39. The Morgan fingerprint density at radius 1 is 1.47 bits per heavy atom. The summed E-state index contributed by atoms with van der Waals surface area (Å²) in [7, 11) is -3.73. The fourth-order valence-electron chi connectivity index (χ4n) is 2.38. The molecule has 17 heavy (non-hydrogen) atoms. The largest absolute Gasteiger partial charge is 0.277 e. The van der Waals surface area contributed by atoms with E-state index in [9.17, 15) is 12.8 Å². The van der Waals surface area contributed by atoms with Gasteiger partial charge < -0.3 is 0 Å². The third kappa shape index (κ3) is 2.48. The molecule has 0 aliphatic carbocycles. The van der Waals surface area contributed by atoms with Gasteiger partial charge in [0, 0.05) is 6.54 Å². The molecular weight excluding hydrogens is 243 g/mol. The molecule has 0 amide bonds. The number of hydrogen-bond donors (Lipinski definition) is 1. The van der Waals surface area contributed by atoms with Crippen molar-refractivity contribution in [2.24, 2.45) is 11.1 Å². The lowest BCUT2D eigenvalue weighted by Gasteiger charge is -2.24. The van der Waals surface area contributed by atoms with Crippen molar-refractivity contribution in [1.29, 1.82) is 0 Å².